The highest BCUT2D eigenvalue weighted by atomic mass is 35.5. The van der Waals surface area contributed by atoms with E-state index in [1.54, 1.807) is 0 Å². The second-order valence-electron chi connectivity index (χ2n) is 4.74. The van der Waals surface area contributed by atoms with Gasteiger partial charge in [0, 0.05) is 26.3 Å². The summed E-state index contributed by atoms with van der Waals surface area (Å²) in [6.07, 6.45) is -0.373. The SMILES string of the molecule is O=C(COC(=O)Cc1c(F)cccc1Cl)Nc1cc(Cl)cc(Cl)c1. The first-order chi connectivity index (χ1) is 11.3. The lowest BCUT2D eigenvalue weighted by Gasteiger charge is -2.08. The van der Waals surface area contributed by atoms with E-state index < -0.39 is 24.3 Å². The monoisotopic (exact) mass is 389 g/mol. The second-order valence-corrected chi connectivity index (χ2v) is 6.02. The van der Waals surface area contributed by atoms with Crippen molar-refractivity contribution >= 4 is 52.4 Å². The van der Waals surface area contributed by atoms with Crippen molar-refractivity contribution in [3.63, 3.8) is 0 Å². The molecule has 126 valence electrons. The fourth-order valence-electron chi connectivity index (χ4n) is 1.87. The van der Waals surface area contributed by atoms with Gasteiger partial charge in [-0.3, -0.25) is 9.59 Å². The molecule has 0 saturated heterocycles. The molecule has 2 aromatic rings. The van der Waals surface area contributed by atoms with Crippen LogP contribution in [0.15, 0.2) is 36.4 Å². The van der Waals surface area contributed by atoms with Crippen molar-refractivity contribution in [2.24, 2.45) is 0 Å². The zero-order valence-corrected chi connectivity index (χ0v) is 14.4. The van der Waals surface area contributed by atoms with Gasteiger partial charge in [-0.2, -0.15) is 0 Å². The Bertz CT molecular complexity index is 743. The minimum absolute atomic E-state index is 0.0196. The summed E-state index contributed by atoms with van der Waals surface area (Å²) >= 11 is 17.4. The van der Waals surface area contributed by atoms with Gasteiger partial charge in [0.2, 0.25) is 0 Å². The maximum absolute atomic E-state index is 13.6. The molecule has 1 N–H and O–H groups in total. The Kier molecular flexibility index (Phi) is 6.43. The molecule has 0 spiro atoms. The largest absolute Gasteiger partial charge is 0.455 e. The molecular weight excluding hydrogens is 380 g/mol. The van der Waals surface area contributed by atoms with Crippen LogP contribution in [0.3, 0.4) is 0 Å². The standard InChI is InChI=1S/C16H11Cl3FNO3/c17-9-4-10(18)6-11(5-9)21-15(22)8-24-16(23)7-12-13(19)2-1-3-14(12)20/h1-6H,7-8H2,(H,21,22). The number of hydrogen-bond acceptors (Lipinski definition) is 3. The van der Waals surface area contributed by atoms with E-state index in [0.717, 1.165) is 0 Å². The van der Waals surface area contributed by atoms with Crippen molar-refractivity contribution in [2.75, 3.05) is 11.9 Å². The topological polar surface area (TPSA) is 55.4 Å². The molecule has 2 aromatic carbocycles. The number of amides is 1. The van der Waals surface area contributed by atoms with Crippen molar-refractivity contribution in [1.29, 1.82) is 0 Å². The third kappa shape index (κ3) is 5.37. The molecule has 0 radical (unpaired) electrons. The van der Waals surface area contributed by atoms with Crippen molar-refractivity contribution in [1.82, 2.24) is 0 Å². The molecule has 0 heterocycles. The maximum atomic E-state index is 13.6. The first-order valence-electron chi connectivity index (χ1n) is 6.69. The van der Waals surface area contributed by atoms with Crippen LogP contribution in [0, 0.1) is 5.82 Å². The van der Waals surface area contributed by atoms with Crippen molar-refractivity contribution in [3.05, 3.63) is 62.8 Å². The van der Waals surface area contributed by atoms with Crippen molar-refractivity contribution < 1.29 is 18.7 Å². The molecule has 24 heavy (non-hydrogen) atoms. The Morgan fingerprint density at radius 2 is 1.75 bits per heavy atom. The molecule has 0 atom stereocenters. The minimum Gasteiger partial charge on any atom is -0.455 e. The van der Waals surface area contributed by atoms with Gasteiger partial charge < -0.3 is 10.1 Å². The number of benzene rings is 2. The van der Waals surface area contributed by atoms with Gasteiger partial charge in [-0.25, -0.2) is 4.39 Å². The highest BCUT2D eigenvalue weighted by Crippen LogP contribution is 2.22. The van der Waals surface area contributed by atoms with Crippen LogP contribution in [0.4, 0.5) is 10.1 Å². The van der Waals surface area contributed by atoms with Crippen LogP contribution in [-0.4, -0.2) is 18.5 Å². The number of hydrogen-bond donors (Lipinski definition) is 1. The van der Waals surface area contributed by atoms with E-state index in [1.165, 1.54) is 36.4 Å². The van der Waals surface area contributed by atoms with Crippen LogP contribution in [0.25, 0.3) is 0 Å². The smallest absolute Gasteiger partial charge is 0.310 e. The molecule has 4 nitrogen and oxygen atoms in total. The van der Waals surface area contributed by atoms with Crippen LogP contribution >= 0.6 is 34.8 Å². The van der Waals surface area contributed by atoms with Gasteiger partial charge in [-0.15, -0.1) is 0 Å². The van der Waals surface area contributed by atoms with Gasteiger partial charge in [-0.05, 0) is 30.3 Å². The lowest BCUT2D eigenvalue weighted by atomic mass is 10.1. The molecule has 0 unspecified atom stereocenters. The van der Waals surface area contributed by atoms with Crippen LogP contribution < -0.4 is 5.32 Å². The average Bonchev–Trinajstić information content (AvgIpc) is 2.48. The number of carbonyl (C=O) groups is 2. The lowest BCUT2D eigenvalue weighted by molar-refractivity contribution is -0.146. The minimum atomic E-state index is -0.777. The third-order valence-corrected chi connectivity index (χ3v) is 3.68. The van der Waals surface area contributed by atoms with Crippen molar-refractivity contribution in [3.8, 4) is 0 Å². The predicted octanol–water partition coefficient (Wildman–Crippen LogP) is 4.51. The predicted molar refractivity (Wildman–Crippen MR) is 91.2 cm³/mol. The van der Waals surface area contributed by atoms with Crippen LogP contribution in [-0.2, 0) is 20.7 Å². The zero-order valence-electron chi connectivity index (χ0n) is 12.1. The quantitative estimate of drug-likeness (QED) is 0.764. The van der Waals surface area contributed by atoms with Crippen molar-refractivity contribution in [2.45, 2.75) is 6.42 Å². The summed E-state index contributed by atoms with van der Waals surface area (Å²) < 4.78 is 18.4. The van der Waals surface area contributed by atoms with Gasteiger partial charge in [0.25, 0.3) is 5.91 Å². The maximum Gasteiger partial charge on any atom is 0.310 e. The summed E-state index contributed by atoms with van der Waals surface area (Å²) in [5.74, 6) is -1.97. The van der Waals surface area contributed by atoms with Gasteiger partial charge in [0.1, 0.15) is 5.82 Å². The molecule has 0 aromatic heterocycles. The zero-order chi connectivity index (χ0) is 17.7. The molecule has 0 fully saturated rings. The summed E-state index contributed by atoms with van der Waals surface area (Å²) in [4.78, 5) is 23.5. The Morgan fingerprint density at radius 1 is 1.08 bits per heavy atom. The molecule has 0 aliphatic rings. The number of anilines is 1. The average molecular weight is 391 g/mol. The van der Waals surface area contributed by atoms with E-state index in [2.05, 4.69) is 5.32 Å². The fourth-order valence-corrected chi connectivity index (χ4v) is 2.62. The number of esters is 1. The lowest BCUT2D eigenvalue weighted by Crippen LogP contribution is -2.22. The third-order valence-electron chi connectivity index (χ3n) is 2.89. The van der Waals surface area contributed by atoms with E-state index in [-0.39, 0.29) is 17.0 Å². The van der Waals surface area contributed by atoms with E-state index in [0.29, 0.717) is 15.7 Å². The molecule has 8 heteroatoms. The highest BCUT2D eigenvalue weighted by molar-refractivity contribution is 6.35. The fraction of sp³-hybridized carbons (Fsp3) is 0.125. The van der Waals surface area contributed by atoms with E-state index >= 15 is 0 Å². The van der Waals surface area contributed by atoms with E-state index in [1.807, 2.05) is 0 Å². The second kappa shape index (κ2) is 8.33. The number of halogens is 4. The Hall–Kier alpha value is -1.82. The van der Waals surface area contributed by atoms with Gasteiger partial charge in [-0.1, -0.05) is 40.9 Å². The molecule has 0 saturated carbocycles. The van der Waals surface area contributed by atoms with Crippen LogP contribution in [0.2, 0.25) is 15.1 Å². The molecule has 0 aliphatic heterocycles. The number of nitrogens with one attached hydrogen (secondary N) is 1. The van der Waals surface area contributed by atoms with Crippen LogP contribution in [0.1, 0.15) is 5.56 Å². The Labute approximate surface area is 152 Å². The summed E-state index contributed by atoms with van der Waals surface area (Å²) in [5.41, 5.74) is 0.386. The number of ether oxygens (including phenoxy) is 1. The first-order valence-corrected chi connectivity index (χ1v) is 7.83. The van der Waals surface area contributed by atoms with E-state index in [4.69, 9.17) is 39.5 Å². The highest BCUT2D eigenvalue weighted by Gasteiger charge is 2.14. The molecular formula is C16H11Cl3FNO3. The summed E-state index contributed by atoms with van der Waals surface area (Å²) in [5, 5.41) is 3.30. The van der Waals surface area contributed by atoms with Crippen LogP contribution in [0.5, 0.6) is 0 Å². The van der Waals surface area contributed by atoms with Gasteiger partial charge in [0.05, 0.1) is 6.42 Å². The first kappa shape index (κ1) is 18.5. The summed E-state index contributed by atoms with van der Waals surface area (Å²) in [6, 6.07) is 8.57. The molecule has 2 rings (SSSR count). The normalized spacial score (nSPS) is 10.3. The molecule has 0 bridgehead atoms. The van der Waals surface area contributed by atoms with Gasteiger partial charge in [0.15, 0.2) is 6.61 Å². The summed E-state index contributed by atoms with van der Waals surface area (Å²) in [6.45, 7) is -0.533. The summed E-state index contributed by atoms with van der Waals surface area (Å²) in [7, 11) is 0. The molecule has 1 amide bonds. The number of carbonyl (C=O) groups excluding carboxylic acids is 2. The van der Waals surface area contributed by atoms with E-state index in [9.17, 15) is 14.0 Å². The Balaban J connectivity index is 1.88. The Morgan fingerprint density at radius 3 is 2.38 bits per heavy atom. The van der Waals surface area contributed by atoms with Gasteiger partial charge >= 0.3 is 5.97 Å². The number of rotatable bonds is 5. The molecule has 0 aliphatic carbocycles.